The lowest BCUT2D eigenvalue weighted by Gasteiger charge is -2.25. The molecule has 0 aliphatic carbocycles. The van der Waals surface area contributed by atoms with Crippen molar-refractivity contribution in [2.45, 2.75) is 19.4 Å². The van der Waals surface area contributed by atoms with Crippen LogP contribution in [0.3, 0.4) is 0 Å². The van der Waals surface area contributed by atoms with Crippen molar-refractivity contribution >= 4 is 17.5 Å². The van der Waals surface area contributed by atoms with Gasteiger partial charge >= 0.3 is 0 Å². The van der Waals surface area contributed by atoms with E-state index >= 15 is 0 Å². The van der Waals surface area contributed by atoms with E-state index in [1.54, 1.807) is 0 Å². The maximum absolute atomic E-state index is 11.3. The fourth-order valence-corrected chi connectivity index (χ4v) is 1.62. The third kappa shape index (κ3) is 2.35. The Bertz CT molecular complexity index is 163. The van der Waals surface area contributed by atoms with Gasteiger partial charge in [0.1, 0.15) is 5.88 Å². The van der Waals surface area contributed by atoms with E-state index in [1.807, 2.05) is 11.8 Å². The highest BCUT2D eigenvalue weighted by Crippen LogP contribution is 2.04. The summed E-state index contributed by atoms with van der Waals surface area (Å²) in [5, 5.41) is 3.27. The van der Waals surface area contributed by atoms with Gasteiger partial charge in [-0.1, -0.05) is 0 Å². The summed E-state index contributed by atoms with van der Waals surface area (Å²) in [5.74, 6) is 0.150. The molecule has 4 heteroatoms. The number of carbonyl (C=O) groups is 1. The highest BCUT2D eigenvalue weighted by Gasteiger charge is 2.20. The minimum atomic E-state index is 0.0490. The van der Waals surface area contributed by atoms with Crippen LogP contribution in [0.2, 0.25) is 0 Å². The second-order valence-corrected chi connectivity index (χ2v) is 3.39. The minimum Gasteiger partial charge on any atom is -0.338 e. The average molecular weight is 191 g/mol. The Kier molecular flexibility index (Phi) is 3.82. The first kappa shape index (κ1) is 9.81. The summed E-state index contributed by atoms with van der Waals surface area (Å²) in [4.78, 5) is 13.2. The molecule has 0 aromatic carbocycles. The van der Waals surface area contributed by atoms with Crippen LogP contribution < -0.4 is 5.32 Å². The highest BCUT2D eigenvalue weighted by atomic mass is 35.5. The minimum absolute atomic E-state index is 0.0490. The molecule has 1 rings (SSSR count). The van der Waals surface area contributed by atoms with Crippen molar-refractivity contribution in [3.05, 3.63) is 0 Å². The van der Waals surface area contributed by atoms with E-state index in [0.29, 0.717) is 0 Å². The Morgan fingerprint density at radius 2 is 2.50 bits per heavy atom. The third-order valence-electron chi connectivity index (χ3n) is 2.16. The van der Waals surface area contributed by atoms with E-state index in [2.05, 4.69) is 5.32 Å². The molecule has 1 atom stereocenters. The summed E-state index contributed by atoms with van der Waals surface area (Å²) in [6.45, 7) is 4.75. The smallest absolute Gasteiger partial charge is 0.237 e. The van der Waals surface area contributed by atoms with E-state index in [4.69, 9.17) is 11.6 Å². The van der Waals surface area contributed by atoms with Crippen LogP contribution in [-0.2, 0) is 4.79 Å². The van der Waals surface area contributed by atoms with Gasteiger partial charge in [0.15, 0.2) is 0 Å². The molecule has 1 aliphatic heterocycles. The average Bonchev–Trinajstić information content (AvgIpc) is 2.28. The van der Waals surface area contributed by atoms with Crippen LogP contribution in [0.15, 0.2) is 0 Å². The predicted octanol–water partition coefficient (Wildman–Crippen LogP) is 0.436. The number of hydrogen-bond donors (Lipinski definition) is 1. The molecule has 0 aromatic rings. The molecule has 1 aliphatic rings. The molecular formula is C8H15ClN2O. The summed E-state index contributed by atoms with van der Waals surface area (Å²) >= 11 is 5.49. The number of rotatable bonds is 1. The quantitative estimate of drug-likeness (QED) is 0.609. The van der Waals surface area contributed by atoms with Crippen LogP contribution in [0.4, 0.5) is 0 Å². The maximum atomic E-state index is 11.3. The number of carbonyl (C=O) groups excluding carboxylic acids is 1. The highest BCUT2D eigenvalue weighted by molar-refractivity contribution is 6.27. The lowest BCUT2D eigenvalue weighted by Crippen LogP contribution is -2.42. The third-order valence-corrected chi connectivity index (χ3v) is 2.39. The van der Waals surface area contributed by atoms with Crippen molar-refractivity contribution in [1.82, 2.24) is 10.2 Å². The van der Waals surface area contributed by atoms with E-state index in [1.165, 1.54) is 0 Å². The van der Waals surface area contributed by atoms with Crippen molar-refractivity contribution in [1.29, 1.82) is 0 Å². The number of hydrogen-bond acceptors (Lipinski definition) is 2. The lowest BCUT2D eigenvalue weighted by atomic mass is 10.3. The van der Waals surface area contributed by atoms with Crippen LogP contribution in [0.25, 0.3) is 0 Å². The summed E-state index contributed by atoms with van der Waals surface area (Å²) in [5.41, 5.74) is 0. The molecule has 1 amide bonds. The van der Waals surface area contributed by atoms with Crippen molar-refractivity contribution in [2.24, 2.45) is 0 Å². The molecule has 1 saturated heterocycles. The normalized spacial score (nSPS) is 25.2. The van der Waals surface area contributed by atoms with Gasteiger partial charge in [-0.2, -0.15) is 0 Å². The van der Waals surface area contributed by atoms with E-state index in [-0.39, 0.29) is 17.8 Å². The SMILES string of the molecule is CC1CNCCCN1C(=O)CCl. The van der Waals surface area contributed by atoms with Crippen molar-refractivity contribution in [3.8, 4) is 0 Å². The Labute approximate surface area is 78.1 Å². The topological polar surface area (TPSA) is 32.3 Å². The van der Waals surface area contributed by atoms with E-state index < -0.39 is 0 Å². The van der Waals surface area contributed by atoms with Gasteiger partial charge in [0.2, 0.25) is 5.91 Å². The van der Waals surface area contributed by atoms with Gasteiger partial charge in [0.25, 0.3) is 0 Å². The standard InChI is InChI=1S/C8H15ClN2O/c1-7-6-10-3-2-4-11(7)8(12)5-9/h7,10H,2-6H2,1H3. The molecule has 1 fully saturated rings. The monoisotopic (exact) mass is 190 g/mol. The molecule has 0 spiro atoms. The van der Waals surface area contributed by atoms with Gasteiger partial charge in [-0.15, -0.1) is 11.6 Å². The fraction of sp³-hybridized carbons (Fsp3) is 0.875. The second kappa shape index (κ2) is 4.67. The largest absolute Gasteiger partial charge is 0.338 e. The summed E-state index contributed by atoms with van der Waals surface area (Å²) in [7, 11) is 0. The van der Waals surface area contributed by atoms with Gasteiger partial charge in [0, 0.05) is 19.1 Å². The fourth-order valence-electron chi connectivity index (χ4n) is 1.46. The molecule has 0 saturated carbocycles. The van der Waals surface area contributed by atoms with E-state index in [0.717, 1.165) is 26.1 Å². The van der Waals surface area contributed by atoms with Crippen LogP contribution in [0.1, 0.15) is 13.3 Å². The molecule has 0 bridgehead atoms. The molecule has 0 radical (unpaired) electrons. The van der Waals surface area contributed by atoms with E-state index in [9.17, 15) is 4.79 Å². The first-order valence-electron chi connectivity index (χ1n) is 4.32. The van der Waals surface area contributed by atoms with Crippen molar-refractivity contribution in [2.75, 3.05) is 25.5 Å². The van der Waals surface area contributed by atoms with Gasteiger partial charge in [-0.05, 0) is 19.9 Å². The molecule has 1 unspecified atom stereocenters. The van der Waals surface area contributed by atoms with Crippen molar-refractivity contribution in [3.63, 3.8) is 0 Å². The number of halogens is 1. The number of amides is 1. The maximum Gasteiger partial charge on any atom is 0.237 e. The molecular weight excluding hydrogens is 176 g/mol. The van der Waals surface area contributed by atoms with Crippen LogP contribution in [-0.4, -0.2) is 42.4 Å². The first-order chi connectivity index (χ1) is 5.75. The Morgan fingerprint density at radius 1 is 1.75 bits per heavy atom. The summed E-state index contributed by atoms with van der Waals surface area (Å²) in [6.07, 6.45) is 1.02. The van der Waals surface area contributed by atoms with Gasteiger partial charge < -0.3 is 10.2 Å². The molecule has 70 valence electrons. The zero-order chi connectivity index (χ0) is 8.97. The molecule has 12 heavy (non-hydrogen) atoms. The first-order valence-corrected chi connectivity index (χ1v) is 4.85. The Morgan fingerprint density at radius 3 is 3.17 bits per heavy atom. The van der Waals surface area contributed by atoms with Gasteiger partial charge in [-0.25, -0.2) is 0 Å². The number of nitrogens with zero attached hydrogens (tertiary/aromatic N) is 1. The zero-order valence-corrected chi connectivity index (χ0v) is 8.10. The summed E-state index contributed by atoms with van der Waals surface area (Å²) in [6, 6.07) is 0.277. The molecule has 3 nitrogen and oxygen atoms in total. The molecule has 1 N–H and O–H groups in total. The molecule has 0 aromatic heterocycles. The van der Waals surface area contributed by atoms with Crippen LogP contribution in [0, 0.1) is 0 Å². The number of alkyl halides is 1. The van der Waals surface area contributed by atoms with Gasteiger partial charge in [-0.3, -0.25) is 4.79 Å². The predicted molar refractivity (Wildman–Crippen MR) is 49.4 cm³/mol. The lowest BCUT2D eigenvalue weighted by molar-refractivity contribution is -0.130. The van der Waals surface area contributed by atoms with Gasteiger partial charge in [0.05, 0.1) is 0 Å². The van der Waals surface area contributed by atoms with Crippen LogP contribution in [0.5, 0.6) is 0 Å². The zero-order valence-electron chi connectivity index (χ0n) is 7.35. The molecule has 1 heterocycles. The van der Waals surface area contributed by atoms with Crippen molar-refractivity contribution < 1.29 is 4.79 Å². The Hall–Kier alpha value is -0.280. The summed E-state index contributed by atoms with van der Waals surface area (Å²) < 4.78 is 0. The Balaban J connectivity index is 2.52. The number of nitrogens with one attached hydrogen (secondary N) is 1. The van der Waals surface area contributed by atoms with Crippen LogP contribution >= 0.6 is 11.6 Å². The second-order valence-electron chi connectivity index (χ2n) is 3.13.